The molecule has 3 rings (SSSR count). The van der Waals surface area contributed by atoms with E-state index in [2.05, 4.69) is 4.98 Å². The summed E-state index contributed by atoms with van der Waals surface area (Å²) in [5, 5.41) is 13.3. The van der Waals surface area contributed by atoms with Gasteiger partial charge in [-0.05, 0) is 24.2 Å². The molecule has 1 unspecified atom stereocenters. The first kappa shape index (κ1) is 16.7. The number of nitrogens with zero attached hydrogens (tertiary/aromatic N) is 4. The van der Waals surface area contributed by atoms with Crippen molar-refractivity contribution in [1.82, 2.24) is 9.38 Å². The van der Waals surface area contributed by atoms with Gasteiger partial charge in [0.15, 0.2) is 0 Å². The molecule has 1 saturated heterocycles. The van der Waals surface area contributed by atoms with Gasteiger partial charge in [-0.15, -0.1) is 0 Å². The average Bonchev–Trinajstić information content (AvgIpc) is 3.20. The van der Waals surface area contributed by atoms with Gasteiger partial charge in [-0.1, -0.05) is 25.2 Å². The molecule has 0 spiro atoms. The summed E-state index contributed by atoms with van der Waals surface area (Å²) in [5.74, 6) is 0.129. The number of esters is 1. The van der Waals surface area contributed by atoms with Crippen LogP contribution in [-0.2, 0) is 9.53 Å². The van der Waals surface area contributed by atoms with E-state index in [1.54, 1.807) is 18.5 Å². The Kier molecular flexibility index (Phi) is 4.20. The zero-order valence-corrected chi connectivity index (χ0v) is 14.7. The number of carbonyl (C=O) groups excluding carboxylic acids is 1. The van der Waals surface area contributed by atoms with Gasteiger partial charge in [0, 0.05) is 18.5 Å². The van der Waals surface area contributed by atoms with Crippen LogP contribution >= 0.6 is 11.3 Å². The van der Waals surface area contributed by atoms with Gasteiger partial charge in [0.05, 0.1) is 12.0 Å². The number of aromatic nitrogens is 2. The van der Waals surface area contributed by atoms with Gasteiger partial charge in [-0.2, -0.15) is 9.38 Å². The number of fused-ring (bicyclic) bond motifs is 1. The molecule has 0 N–H and O–H groups in total. The Hall–Kier alpha value is -2.16. The summed E-state index contributed by atoms with van der Waals surface area (Å²) in [7, 11) is 0. The van der Waals surface area contributed by atoms with Crippen LogP contribution in [0.5, 0.6) is 0 Å². The molecule has 0 bridgehead atoms. The Morgan fingerprint density at radius 1 is 1.58 bits per heavy atom. The average molecular weight is 352 g/mol. The Balaban J connectivity index is 1.98. The highest BCUT2D eigenvalue weighted by Gasteiger charge is 2.50. The highest BCUT2D eigenvalue weighted by molar-refractivity contribution is 7.15. The van der Waals surface area contributed by atoms with Crippen molar-refractivity contribution in [3.63, 3.8) is 0 Å². The Bertz CT molecular complexity index is 784. The van der Waals surface area contributed by atoms with Crippen LogP contribution in [-0.4, -0.2) is 40.0 Å². The maximum absolute atomic E-state index is 12.5. The van der Waals surface area contributed by atoms with E-state index in [1.807, 2.05) is 18.7 Å². The lowest BCUT2D eigenvalue weighted by Crippen LogP contribution is -2.40. The number of imidazole rings is 1. The second kappa shape index (κ2) is 6.04. The lowest BCUT2D eigenvalue weighted by molar-refractivity contribution is -0.389. The maximum Gasteiger partial charge on any atom is 0.373 e. The minimum Gasteiger partial charge on any atom is -0.466 e. The summed E-state index contributed by atoms with van der Waals surface area (Å²) in [6.45, 7) is 7.01. The zero-order valence-electron chi connectivity index (χ0n) is 13.9. The number of rotatable bonds is 5. The molecule has 0 aromatic carbocycles. The van der Waals surface area contributed by atoms with E-state index < -0.39 is 10.3 Å². The number of carbonyl (C=O) groups is 1. The maximum atomic E-state index is 12.5. The van der Waals surface area contributed by atoms with Gasteiger partial charge in [0.25, 0.3) is 4.96 Å². The fourth-order valence-electron chi connectivity index (χ4n) is 3.31. The van der Waals surface area contributed by atoms with Gasteiger partial charge in [0.1, 0.15) is 6.20 Å². The molecule has 0 saturated carbocycles. The van der Waals surface area contributed by atoms with Crippen LogP contribution in [0.1, 0.15) is 27.2 Å². The summed E-state index contributed by atoms with van der Waals surface area (Å²) < 4.78 is 6.76. The third-order valence-corrected chi connectivity index (χ3v) is 5.54. The lowest BCUT2D eigenvalue weighted by atomic mass is 9.76. The molecular weight excluding hydrogens is 332 g/mol. The number of hydrogen-bond acceptors (Lipinski definition) is 7. The molecule has 2 aromatic rings. The Morgan fingerprint density at radius 3 is 2.96 bits per heavy atom. The summed E-state index contributed by atoms with van der Waals surface area (Å²) in [6.07, 6.45) is 2.25. The van der Waals surface area contributed by atoms with Crippen molar-refractivity contribution in [2.24, 2.45) is 11.3 Å². The van der Waals surface area contributed by atoms with E-state index in [9.17, 15) is 14.9 Å². The van der Waals surface area contributed by atoms with E-state index in [0.29, 0.717) is 36.9 Å². The topological polar surface area (TPSA) is 90.0 Å². The quantitative estimate of drug-likeness (QED) is 0.467. The van der Waals surface area contributed by atoms with Gasteiger partial charge in [-0.25, -0.2) is 0 Å². The third-order valence-electron chi connectivity index (χ3n) is 4.78. The largest absolute Gasteiger partial charge is 0.466 e. The van der Waals surface area contributed by atoms with Crippen LogP contribution in [0.3, 0.4) is 0 Å². The molecule has 1 aliphatic rings. The molecule has 0 radical (unpaired) electrons. The summed E-state index contributed by atoms with van der Waals surface area (Å²) in [6, 6.07) is 0. The first-order valence-electron chi connectivity index (χ1n) is 7.93. The molecule has 1 atom stereocenters. The number of ether oxygens (including phenoxy) is 1. The van der Waals surface area contributed by atoms with Crippen molar-refractivity contribution in [1.29, 1.82) is 0 Å². The minimum atomic E-state index is -0.652. The van der Waals surface area contributed by atoms with E-state index in [4.69, 9.17) is 4.74 Å². The first-order valence-corrected chi connectivity index (χ1v) is 8.80. The lowest BCUT2D eigenvalue weighted by Gasteiger charge is -2.30. The van der Waals surface area contributed by atoms with E-state index in [-0.39, 0.29) is 17.7 Å². The van der Waals surface area contributed by atoms with E-state index in [0.717, 1.165) is 0 Å². The molecule has 0 amide bonds. The van der Waals surface area contributed by atoms with Crippen LogP contribution in [0.4, 0.5) is 11.6 Å². The van der Waals surface area contributed by atoms with Crippen molar-refractivity contribution >= 4 is 33.9 Å². The van der Waals surface area contributed by atoms with Crippen LogP contribution in [0, 0.1) is 21.4 Å². The first-order chi connectivity index (χ1) is 11.4. The predicted octanol–water partition coefficient (Wildman–Crippen LogP) is 2.72. The molecule has 24 heavy (non-hydrogen) atoms. The van der Waals surface area contributed by atoms with Gasteiger partial charge >= 0.3 is 11.8 Å². The van der Waals surface area contributed by atoms with Gasteiger partial charge in [0.2, 0.25) is 5.82 Å². The minimum absolute atomic E-state index is 0.0466. The number of hydrogen-bond donors (Lipinski definition) is 0. The normalized spacial score (nSPS) is 20.9. The van der Waals surface area contributed by atoms with Crippen molar-refractivity contribution < 1.29 is 14.5 Å². The Labute approximate surface area is 143 Å². The third kappa shape index (κ3) is 2.43. The molecule has 9 heteroatoms. The standard InChI is InChI=1S/C15H20N4O4S/c1-4-23-13(20)15(10(2)3)5-6-17(9-15)11-12(19(21)22)18-7-8-24-14(18)16-11/h7-8,10H,4-6,9H2,1-3H3. The Morgan fingerprint density at radius 2 is 2.33 bits per heavy atom. The molecule has 0 aliphatic carbocycles. The van der Waals surface area contributed by atoms with Crippen LogP contribution in [0.2, 0.25) is 0 Å². The SMILES string of the molecule is CCOC(=O)C1(C(C)C)CCN(c2nc3sccn3c2[N+](=O)[O-])C1. The van der Waals surface area contributed by atoms with Crippen molar-refractivity contribution in [3.8, 4) is 0 Å². The van der Waals surface area contributed by atoms with Crippen LogP contribution < -0.4 is 4.90 Å². The van der Waals surface area contributed by atoms with Crippen LogP contribution in [0.15, 0.2) is 11.6 Å². The predicted molar refractivity (Wildman–Crippen MR) is 90.5 cm³/mol. The fourth-order valence-corrected chi connectivity index (χ4v) is 4.01. The van der Waals surface area contributed by atoms with E-state index in [1.165, 1.54) is 15.7 Å². The summed E-state index contributed by atoms with van der Waals surface area (Å²) in [4.78, 5) is 30.5. The molecule has 1 fully saturated rings. The zero-order chi connectivity index (χ0) is 17.5. The van der Waals surface area contributed by atoms with Gasteiger partial charge < -0.3 is 19.8 Å². The fraction of sp³-hybridized carbons (Fsp3) is 0.600. The van der Waals surface area contributed by atoms with E-state index >= 15 is 0 Å². The molecule has 130 valence electrons. The summed E-state index contributed by atoms with van der Waals surface area (Å²) in [5.41, 5.74) is -0.652. The molecule has 8 nitrogen and oxygen atoms in total. The van der Waals surface area contributed by atoms with Crippen molar-refractivity contribution in [2.75, 3.05) is 24.6 Å². The van der Waals surface area contributed by atoms with Gasteiger partial charge in [-0.3, -0.25) is 4.79 Å². The second-order valence-corrected chi connectivity index (χ2v) is 7.15. The molecule has 1 aliphatic heterocycles. The molecule has 2 aromatic heterocycles. The highest BCUT2D eigenvalue weighted by atomic mass is 32.1. The molecular formula is C15H20N4O4S. The summed E-state index contributed by atoms with van der Waals surface area (Å²) >= 11 is 1.35. The monoisotopic (exact) mass is 352 g/mol. The smallest absolute Gasteiger partial charge is 0.373 e. The number of nitro groups is 1. The highest BCUT2D eigenvalue weighted by Crippen LogP contribution is 2.43. The number of thiazole rings is 1. The molecule has 3 heterocycles. The van der Waals surface area contributed by atoms with Crippen molar-refractivity contribution in [3.05, 3.63) is 21.7 Å². The second-order valence-electron chi connectivity index (χ2n) is 6.27. The van der Waals surface area contributed by atoms with Crippen LogP contribution in [0.25, 0.3) is 4.96 Å². The van der Waals surface area contributed by atoms with Crippen molar-refractivity contribution in [2.45, 2.75) is 27.2 Å². The number of anilines is 1.